The summed E-state index contributed by atoms with van der Waals surface area (Å²) in [5.41, 5.74) is 0.843. The van der Waals surface area contributed by atoms with Gasteiger partial charge in [-0.15, -0.1) is 0 Å². The zero-order valence-electron chi connectivity index (χ0n) is 10.5. The zero-order valence-corrected chi connectivity index (χ0v) is 11.3. The Labute approximate surface area is 117 Å². The number of hydrogen-bond donors (Lipinski definition) is 2. The summed E-state index contributed by atoms with van der Waals surface area (Å²) < 4.78 is 29.2. The Balaban J connectivity index is 0.000000200. The van der Waals surface area contributed by atoms with E-state index in [1.807, 2.05) is 18.2 Å². The lowest BCUT2D eigenvalue weighted by atomic mass is 10.2. The van der Waals surface area contributed by atoms with Crippen molar-refractivity contribution in [2.24, 2.45) is 0 Å². The second-order valence-electron chi connectivity index (χ2n) is 3.84. The van der Waals surface area contributed by atoms with Crippen molar-refractivity contribution in [2.45, 2.75) is 11.3 Å². The highest BCUT2D eigenvalue weighted by Gasteiger charge is 2.05. The fraction of sp³-hybridized carbons (Fsp3) is 0.0714. The van der Waals surface area contributed by atoms with Crippen molar-refractivity contribution in [3.05, 3.63) is 66.2 Å². The zero-order chi connectivity index (χ0) is 15.0. The van der Waals surface area contributed by atoms with E-state index in [-0.39, 0.29) is 11.3 Å². The van der Waals surface area contributed by atoms with Crippen LogP contribution in [0.2, 0.25) is 0 Å². The van der Waals surface area contributed by atoms with Crippen molar-refractivity contribution in [2.75, 3.05) is 0 Å². The summed E-state index contributed by atoms with van der Waals surface area (Å²) >= 11 is 0. The fourth-order valence-corrected chi connectivity index (χ4v) is 1.86. The van der Waals surface area contributed by atoms with Crippen molar-refractivity contribution in [1.29, 1.82) is 0 Å². The molecule has 2 aromatic rings. The van der Waals surface area contributed by atoms with E-state index >= 15 is 0 Å². The molecule has 6 heteroatoms. The third kappa shape index (κ3) is 6.12. The topological polar surface area (TPSA) is 91.7 Å². The molecule has 2 rings (SSSR count). The fourth-order valence-electron chi connectivity index (χ4n) is 1.36. The van der Waals surface area contributed by atoms with Gasteiger partial charge >= 0.3 is 5.97 Å². The van der Waals surface area contributed by atoms with E-state index in [0.717, 1.165) is 5.56 Å². The van der Waals surface area contributed by atoms with Crippen LogP contribution in [-0.2, 0) is 21.3 Å². The van der Waals surface area contributed by atoms with E-state index in [9.17, 15) is 13.2 Å². The van der Waals surface area contributed by atoms with Gasteiger partial charge in [-0.1, -0.05) is 48.5 Å². The van der Waals surface area contributed by atoms with E-state index in [2.05, 4.69) is 0 Å². The summed E-state index contributed by atoms with van der Waals surface area (Å²) in [4.78, 5) is 10.1. The van der Waals surface area contributed by atoms with Gasteiger partial charge < -0.3 is 5.11 Å². The quantitative estimate of drug-likeness (QED) is 0.847. The molecule has 0 aliphatic rings. The SMILES string of the molecule is O=C(O)Cc1ccccc1.O=S(=O)(O)c1ccccc1. The van der Waals surface area contributed by atoms with E-state index in [0.29, 0.717) is 0 Å². The van der Waals surface area contributed by atoms with Gasteiger partial charge in [-0.2, -0.15) is 8.42 Å². The number of carboxylic acids is 1. The van der Waals surface area contributed by atoms with Crippen LogP contribution in [0.3, 0.4) is 0 Å². The van der Waals surface area contributed by atoms with Gasteiger partial charge in [0.15, 0.2) is 0 Å². The normalized spacial score (nSPS) is 10.2. The summed E-state index contributed by atoms with van der Waals surface area (Å²) in [7, 11) is -4.00. The minimum Gasteiger partial charge on any atom is -0.481 e. The number of aliphatic carboxylic acids is 1. The average Bonchev–Trinajstić information content (AvgIpc) is 2.40. The van der Waals surface area contributed by atoms with Gasteiger partial charge in [-0.25, -0.2) is 0 Å². The summed E-state index contributed by atoms with van der Waals surface area (Å²) in [6.07, 6.45) is 0.112. The molecule has 0 aromatic heterocycles. The van der Waals surface area contributed by atoms with Gasteiger partial charge in [0, 0.05) is 0 Å². The summed E-state index contributed by atoms with van der Waals surface area (Å²) in [5, 5.41) is 8.37. The van der Waals surface area contributed by atoms with Crippen LogP contribution >= 0.6 is 0 Å². The number of carbonyl (C=O) groups is 1. The molecule has 0 fully saturated rings. The summed E-state index contributed by atoms with van der Waals surface area (Å²) in [6, 6.07) is 16.6. The van der Waals surface area contributed by atoms with Gasteiger partial charge in [-0.05, 0) is 17.7 Å². The standard InChI is InChI=1S/C8H8O2.C6H6O3S/c9-8(10)6-7-4-2-1-3-5-7;7-10(8,9)6-4-2-1-3-5-6/h1-5H,6H2,(H,9,10);1-5H,(H,7,8,9). The van der Waals surface area contributed by atoms with E-state index < -0.39 is 16.1 Å². The van der Waals surface area contributed by atoms with Gasteiger partial charge in [-0.3, -0.25) is 9.35 Å². The average molecular weight is 294 g/mol. The van der Waals surface area contributed by atoms with Gasteiger partial charge in [0.25, 0.3) is 10.1 Å². The molecule has 2 N–H and O–H groups in total. The Bertz CT molecular complexity index is 636. The van der Waals surface area contributed by atoms with E-state index in [1.54, 1.807) is 30.3 Å². The predicted octanol–water partition coefficient (Wildman–Crippen LogP) is 2.25. The lowest BCUT2D eigenvalue weighted by Gasteiger charge is -1.92. The van der Waals surface area contributed by atoms with Crippen LogP contribution in [-0.4, -0.2) is 24.0 Å². The van der Waals surface area contributed by atoms with Gasteiger partial charge in [0.05, 0.1) is 11.3 Å². The van der Waals surface area contributed by atoms with E-state index in [1.165, 1.54) is 12.1 Å². The van der Waals surface area contributed by atoms with Crippen LogP contribution in [0.5, 0.6) is 0 Å². The first-order valence-electron chi connectivity index (χ1n) is 5.68. The monoisotopic (exact) mass is 294 g/mol. The molecule has 0 amide bonds. The van der Waals surface area contributed by atoms with Crippen LogP contribution in [0.15, 0.2) is 65.6 Å². The second kappa shape index (κ2) is 7.42. The first kappa shape index (κ1) is 15.9. The van der Waals surface area contributed by atoms with Gasteiger partial charge in [0.2, 0.25) is 0 Å². The molecule has 0 atom stereocenters. The highest BCUT2D eigenvalue weighted by atomic mass is 32.2. The van der Waals surface area contributed by atoms with Crippen LogP contribution in [0.1, 0.15) is 5.56 Å². The third-order valence-electron chi connectivity index (χ3n) is 2.24. The predicted molar refractivity (Wildman–Crippen MR) is 74.0 cm³/mol. The maximum Gasteiger partial charge on any atom is 0.307 e. The Morgan fingerprint density at radius 1 is 0.900 bits per heavy atom. The number of hydrogen-bond acceptors (Lipinski definition) is 3. The molecule has 0 radical (unpaired) electrons. The van der Waals surface area contributed by atoms with Crippen LogP contribution in [0.4, 0.5) is 0 Å². The number of carboxylic acid groups (broad SMARTS) is 1. The Kier molecular flexibility index (Phi) is 5.89. The number of benzene rings is 2. The molecule has 0 heterocycles. The molecule has 2 aromatic carbocycles. The lowest BCUT2D eigenvalue weighted by Crippen LogP contribution is -1.98. The van der Waals surface area contributed by atoms with Crippen LogP contribution in [0, 0.1) is 0 Å². The van der Waals surface area contributed by atoms with Crippen molar-refractivity contribution < 1.29 is 22.9 Å². The number of rotatable bonds is 3. The first-order valence-corrected chi connectivity index (χ1v) is 7.12. The molecule has 5 nitrogen and oxygen atoms in total. The summed E-state index contributed by atoms with van der Waals surface area (Å²) in [5.74, 6) is -0.786. The molecule has 0 unspecified atom stereocenters. The van der Waals surface area contributed by atoms with Crippen molar-refractivity contribution >= 4 is 16.1 Å². The Morgan fingerprint density at radius 2 is 1.35 bits per heavy atom. The Morgan fingerprint density at radius 3 is 1.70 bits per heavy atom. The summed E-state index contributed by atoms with van der Waals surface area (Å²) in [6.45, 7) is 0. The molecule has 0 saturated carbocycles. The first-order chi connectivity index (χ1) is 9.39. The Hall–Kier alpha value is -2.18. The molecule has 106 valence electrons. The molecular formula is C14H14O5S. The van der Waals surface area contributed by atoms with Crippen molar-refractivity contribution in [3.63, 3.8) is 0 Å². The van der Waals surface area contributed by atoms with Crippen molar-refractivity contribution in [3.8, 4) is 0 Å². The van der Waals surface area contributed by atoms with Crippen molar-refractivity contribution in [1.82, 2.24) is 0 Å². The highest BCUT2D eigenvalue weighted by molar-refractivity contribution is 7.85. The largest absolute Gasteiger partial charge is 0.481 e. The molecule has 0 aliphatic carbocycles. The lowest BCUT2D eigenvalue weighted by molar-refractivity contribution is -0.136. The van der Waals surface area contributed by atoms with Crippen LogP contribution < -0.4 is 0 Å². The molecule has 0 aliphatic heterocycles. The third-order valence-corrected chi connectivity index (χ3v) is 3.11. The van der Waals surface area contributed by atoms with Gasteiger partial charge in [0.1, 0.15) is 0 Å². The maximum absolute atomic E-state index is 10.4. The van der Waals surface area contributed by atoms with Crippen LogP contribution in [0.25, 0.3) is 0 Å². The minimum atomic E-state index is -4.00. The van der Waals surface area contributed by atoms with E-state index in [4.69, 9.17) is 9.66 Å². The highest BCUT2D eigenvalue weighted by Crippen LogP contribution is 2.05. The molecule has 0 bridgehead atoms. The molecule has 20 heavy (non-hydrogen) atoms. The molecule has 0 spiro atoms. The molecule has 0 saturated heterocycles. The molecular weight excluding hydrogens is 280 g/mol. The smallest absolute Gasteiger partial charge is 0.307 e. The minimum absolute atomic E-state index is 0.0741. The maximum atomic E-state index is 10.4. The second-order valence-corrected chi connectivity index (χ2v) is 5.27.